The molecule has 4 nitrogen and oxygen atoms in total. The first kappa shape index (κ1) is 23.3. The molecule has 29 heavy (non-hydrogen) atoms. The third-order valence-corrected chi connectivity index (χ3v) is 5.75. The molecule has 0 saturated heterocycles. The Hall–Kier alpha value is -1.98. The zero-order valence-corrected chi connectivity index (χ0v) is 18.8. The molecular formula is C23H29ClN2O2S. The number of hydrogen-bond donors (Lipinski definition) is 1. The van der Waals surface area contributed by atoms with Crippen molar-refractivity contribution in [3.05, 3.63) is 65.2 Å². The molecule has 0 radical (unpaired) electrons. The first-order chi connectivity index (χ1) is 13.9. The summed E-state index contributed by atoms with van der Waals surface area (Å²) in [5.41, 5.74) is 1.15. The SMILES string of the molecule is CC(C)NC(=O)C(C)N(CCc1ccccc1)C(=O)CCSc1ccc(Cl)cc1. The van der Waals surface area contributed by atoms with Gasteiger partial charge in [-0.3, -0.25) is 9.59 Å². The smallest absolute Gasteiger partial charge is 0.242 e. The maximum atomic E-state index is 13.0. The molecule has 0 aromatic heterocycles. The number of carbonyl (C=O) groups excluding carboxylic acids is 2. The lowest BCUT2D eigenvalue weighted by atomic mass is 10.1. The van der Waals surface area contributed by atoms with Crippen LogP contribution >= 0.6 is 23.4 Å². The number of hydrogen-bond acceptors (Lipinski definition) is 3. The fourth-order valence-electron chi connectivity index (χ4n) is 2.91. The van der Waals surface area contributed by atoms with Gasteiger partial charge in [0.1, 0.15) is 6.04 Å². The van der Waals surface area contributed by atoms with Crippen LogP contribution in [0.15, 0.2) is 59.5 Å². The molecule has 1 unspecified atom stereocenters. The molecule has 1 atom stereocenters. The number of nitrogens with zero attached hydrogens (tertiary/aromatic N) is 1. The second kappa shape index (κ2) is 11.9. The highest BCUT2D eigenvalue weighted by Crippen LogP contribution is 2.21. The minimum absolute atomic E-state index is 0.00574. The lowest BCUT2D eigenvalue weighted by molar-refractivity contribution is -0.139. The number of halogens is 1. The molecule has 2 amide bonds. The van der Waals surface area contributed by atoms with Gasteiger partial charge in [-0.25, -0.2) is 0 Å². The Labute approximate surface area is 183 Å². The molecule has 6 heteroatoms. The maximum Gasteiger partial charge on any atom is 0.242 e. The summed E-state index contributed by atoms with van der Waals surface area (Å²) in [6, 6.07) is 17.1. The summed E-state index contributed by atoms with van der Waals surface area (Å²) < 4.78 is 0. The average molecular weight is 433 g/mol. The van der Waals surface area contributed by atoms with E-state index in [-0.39, 0.29) is 17.9 Å². The Morgan fingerprint density at radius 3 is 2.31 bits per heavy atom. The summed E-state index contributed by atoms with van der Waals surface area (Å²) in [4.78, 5) is 28.2. The molecule has 0 saturated carbocycles. The van der Waals surface area contributed by atoms with Crippen LogP contribution in [0.1, 0.15) is 32.8 Å². The van der Waals surface area contributed by atoms with Crippen LogP contribution in [0.5, 0.6) is 0 Å². The Bertz CT molecular complexity index is 781. The fourth-order valence-corrected chi connectivity index (χ4v) is 3.87. The molecule has 0 heterocycles. The highest BCUT2D eigenvalue weighted by atomic mass is 35.5. The van der Waals surface area contributed by atoms with Gasteiger partial charge in [0.25, 0.3) is 0 Å². The Kier molecular flexibility index (Phi) is 9.55. The van der Waals surface area contributed by atoms with E-state index in [0.29, 0.717) is 23.7 Å². The highest BCUT2D eigenvalue weighted by molar-refractivity contribution is 7.99. The molecule has 156 valence electrons. The van der Waals surface area contributed by atoms with Gasteiger partial charge < -0.3 is 10.2 Å². The summed E-state index contributed by atoms with van der Waals surface area (Å²) in [7, 11) is 0. The third kappa shape index (κ3) is 8.11. The van der Waals surface area contributed by atoms with Gasteiger partial charge in [-0.15, -0.1) is 11.8 Å². The molecule has 0 aliphatic rings. The second-order valence-electron chi connectivity index (χ2n) is 7.21. The minimum atomic E-state index is -0.505. The van der Waals surface area contributed by atoms with E-state index in [1.807, 2.05) is 68.4 Å². The number of rotatable bonds is 10. The number of amides is 2. The minimum Gasteiger partial charge on any atom is -0.352 e. The molecule has 2 aromatic rings. The standard InChI is InChI=1S/C23H29ClN2O2S/c1-17(2)25-23(28)18(3)26(15-13-19-7-5-4-6-8-19)22(27)14-16-29-21-11-9-20(24)10-12-21/h4-12,17-18H,13-16H2,1-3H3,(H,25,28). The molecule has 0 bridgehead atoms. The van der Waals surface area contributed by atoms with Gasteiger partial charge in [-0.1, -0.05) is 41.9 Å². The van der Waals surface area contributed by atoms with Crippen LogP contribution in [0, 0.1) is 0 Å². The van der Waals surface area contributed by atoms with E-state index in [4.69, 9.17) is 11.6 Å². The highest BCUT2D eigenvalue weighted by Gasteiger charge is 2.25. The van der Waals surface area contributed by atoms with Gasteiger partial charge in [-0.2, -0.15) is 0 Å². The Balaban J connectivity index is 1.98. The van der Waals surface area contributed by atoms with Crippen LogP contribution in [-0.2, 0) is 16.0 Å². The first-order valence-electron chi connectivity index (χ1n) is 9.89. The van der Waals surface area contributed by atoms with Crippen molar-refractivity contribution in [1.29, 1.82) is 0 Å². The molecule has 2 rings (SSSR count). The topological polar surface area (TPSA) is 49.4 Å². The van der Waals surface area contributed by atoms with E-state index >= 15 is 0 Å². The first-order valence-corrected chi connectivity index (χ1v) is 11.3. The second-order valence-corrected chi connectivity index (χ2v) is 8.82. The van der Waals surface area contributed by atoms with Gasteiger partial charge in [0, 0.05) is 34.7 Å². The normalized spacial score (nSPS) is 11.9. The predicted octanol–water partition coefficient (Wildman–Crippen LogP) is 4.81. The molecule has 0 aliphatic carbocycles. The van der Waals surface area contributed by atoms with Crippen molar-refractivity contribution in [3.63, 3.8) is 0 Å². The van der Waals surface area contributed by atoms with Gasteiger partial charge in [0.05, 0.1) is 0 Å². The van der Waals surface area contributed by atoms with Crippen LogP contribution in [-0.4, -0.2) is 41.1 Å². The van der Waals surface area contributed by atoms with Gasteiger partial charge in [0.2, 0.25) is 11.8 Å². The summed E-state index contributed by atoms with van der Waals surface area (Å²) in [5, 5.41) is 3.61. The van der Waals surface area contributed by atoms with Crippen molar-refractivity contribution in [2.45, 2.75) is 50.6 Å². The number of thioether (sulfide) groups is 1. The van der Waals surface area contributed by atoms with E-state index in [9.17, 15) is 9.59 Å². The van der Waals surface area contributed by atoms with Crippen molar-refractivity contribution in [2.24, 2.45) is 0 Å². The third-order valence-electron chi connectivity index (χ3n) is 4.48. The molecule has 0 aliphatic heterocycles. The number of carbonyl (C=O) groups is 2. The van der Waals surface area contributed by atoms with Crippen LogP contribution < -0.4 is 5.32 Å². The number of benzene rings is 2. The monoisotopic (exact) mass is 432 g/mol. The number of nitrogens with one attached hydrogen (secondary N) is 1. The molecule has 0 fully saturated rings. The van der Waals surface area contributed by atoms with Gasteiger partial charge in [0.15, 0.2) is 0 Å². The van der Waals surface area contributed by atoms with Crippen molar-refractivity contribution >= 4 is 35.2 Å². The lowest BCUT2D eigenvalue weighted by Crippen LogP contribution is -2.50. The largest absolute Gasteiger partial charge is 0.352 e. The summed E-state index contributed by atoms with van der Waals surface area (Å²) in [6.45, 7) is 6.15. The predicted molar refractivity (Wildman–Crippen MR) is 121 cm³/mol. The van der Waals surface area contributed by atoms with E-state index < -0.39 is 6.04 Å². The maximum absolute atomic E-state index is 13.0. The quantitative estimate of drug-likeness (QED) is 0.548. The van der Waals surface area contributed by atoms with Crippen molar-refractivity contribution < 1.29 is 9.59 Å². The van der Waals surface area contributed by atoms with Crippen LogP contribution in [0.25, 0.3) is 0 Å². The zero-order chi connectivity index (χ0) is 21.2. The van der Waals surface area contributed by atoms with Crippen molar-refractivity contribution in [3.8, 4) is 0 Å². The van der Waals surface area contributed by atoms with E-state index in [0.717, 1.165) is 16.9 Å². The summed E-state index contributed by atoms with van der Waals surface area (Å²) in [5.74, 6) is 0.529. The van der Waals surface area contributed by atoms with Gasteiger partial charge in [-0.05, 0) is 57.0 Å². The van der Waals surface area contributed by atoms with Crippen LogP contribution in [0.2, 0.25) is 5.02 Å². The summed E-state index contributed by atoms with van der Waals surface area (Å²) >= 11 is 7.53. The van der Waals surface area contributed by atoms with Crippen molar-refractivity contribution in [1.82, 2.24) is 10.2 Å². The lowest BCUT2D eigenvalue weighted by Gasteiger charge is -2.29. The Morgan fingerprint density at radius 1 is 1.03 bits per heavy atom. The van der Waals surface area contributed by atoms with Crippen LogP contribution in [0.4, 0.5) is 0 Å². The molecular weight excluding hydrogens is 404 g/mol. The van der Waals surface area contributed by atoms with Crippen LogP contribution in [0.3, 0.4) is 0 Å². The average Bonchev–Trinajstić information content (AvgIpc) is 2.69. The van der Waals surface area contributed by atoms with Gasteiger partial charge >= 0.3 is 0 Å². The van der Waals surface area contributed by atoms with E-state index in [1.54, 1.807) is 23.6 Å². The molecule has 2 aromatic carbocycles. The molecule has 1 N–H and O–H groups in total. The van der Waals surface area contributed by atoms with E-state index in [1.165, 1.54) is 0 Å². The fraction of sp³-hybridized carbons (Fsp3) is 0.391. The molecule has 0 spiro atoms. The zero-order valence-electron chi connectivity index (χ0n) is 17.2. The Morgan fingerprint density at radius 2 is 1.69 bits per heavy atom. The summed E-state index contributed by atoms with van der Waals surface area (Å²) in [6.07, 6.45) is 1.09. The van der Waals surface area contributed by atoms with E-state index in [2.05, 4.69) is 5.32 Å². The van der Waals surface area contributed by atoms with Crippen molar-refractivity contribution in [2.75, 3.05) is 12.3 Å².